The van der Waals surface area contributed by atoms with Gasteiger partial charge in [0.15, 0.2) is 0 Å². The van der Waals surface area contributed by atoms with Gasteiger partial charge in [-0.1, -0.05) is 31.5 Å². The maximum absolute atomic E-state index is 5.60. The zero-order chi connectivity index (χ0) is 12.8. The van der Waals surface area contributed by atoms with E-state index in [1.54, 1.807) is 0 Å². The number of hydrazine groups is 1. The molecule has 0 amide bonds. The Hall–Kier alpha value is -1.75. The van der Waals surface area contributed by atoms with Gasteiger partial charge in [0.25, 0.3) is 0 Å². The Kier molecular flexibility index (Phi) is 4.41. The molecule has 1 atom stereocenters. The summed E-state index contributed by atoms with van der Waals surface area (Å²) in [6.07, 6.45) is 2.18. The summed E-state index contributed by atoms with van der Waals surface area (Å²) in [5.41, 5.74) is 3.75. The van der Waals surface area contributed by atoms with Gasteiger partial charge in [0.1, 0.15) is 12.4 Å². The molecule has 0 bridgehead atoms. The standard InChI is InChI=1S/C13H20N4O/c1-2-3-8-15-13(17-14)16-11-9-18-12-7-5-4-6-10(11)12/h4-7,11H,2-3,8-9,14H2,1H3,(H2,15,16,17). The summed E-state index contributed by atoms with van der Waals surface area (Å²) in [6.45, 7) is 3.52. The number of unbranched alkanes of at least 4 members (excludes halogenated alkanes) is 1. The number of nitrogens with two attached hydrogens (primary N) is 1. The van der Waals surface area contributed by atoms with Crippen LogP contribution in [0, 0.1) is 0 Å². The molecule has 0 spiro atoms. The molecule has 0 radical (unpaired) electrons. The number of benzene rings is 1. The van der Waals surface area contributed by atoms with Gasteiger partial charge in [0.05, 0.1) is 6.04 Å². The van der Waals surface area contributed by atoms with Crippen molar-refractivity contribution in [2.24, 2.45) is 10.8 Å². The molecule has 2 rings (SSSR count). The summed E-state index contributed by atoms with van der Waals surface area (Å²) in [6, 6.07) is 8.11. The van der Waals surface area contributed by atoms with Crippen molar-refractivity contribution in [3.63, 3.8) is 0 Å². The molecule has 0 saturated carbocycles. The molecular weight excluding hydrogens is 228 g/mol. The maximum Gasteiger partial charge on any atom is 0.206 e. The summed E-state index contributed by atoms with van der Waals surface area (Å²) in [7, 11) is 0. The quantitative estimate of drug-likeness (QED) is 0.247. The first kappa shape index (κ1) is 12.7. The van der Waals surface area contributed by atoms with Crippen LogP contribution in [0.25, 0.3) is 0 Å². The van der Waals surface area contributed by atoms with Gasteiger partial charge in [-0.2, -0.15) is 0 Å². The normalized spacial score (nSPS) is 18.1. The van der Waals surface area contributed by atoms with Gasteiger partial charge in [0.2, 0.25) is 5.96 Å². The Morgan fingerprint density at radius 3 is 3.11 bits per heavy atom. The van der Waals surface area contributed by atoms with Gasteiger partial charge in [0, 0.05) is 12.1 Å². The van der Waals surface area contributed by atoms with E-state index >= 15 is 0 Å². The number of fused-ring (bicyclic) bond motifs is 1. The minimum Gasteiger partial charge on any atom is -0.491 e. The minimum atomic E-state index is 0.109. The van der Waals surface area contributed by atoms with E-state index in [1.165, 1.54) is 0 Å². The molecule has 0 saturated heterocycles. The highest BCUT2D eigenvalue weighted by Crippen LogP contribution is 2.31. The second-order valence-electron chi connectivity index (χ2n) is 4.27. The fraction of sp³-hybridized carbons (Fsp3) is 0.462. The van der Waals surface area contributed by atoms with Crippen molar-refractivity contribution in [2.75, 3.05) is 13.2 Å². The highest BCUT2D eigenvalue weighted by atomic mass is 16.5. The average Bonchev–Trinajstić information content (AvgIpc) is 2.81. The lowest BCUT2D eigenvalue weighted by molar-refractivity contribution is 0.323. The van der Waals surface area contributed by atoms with E-state index in [2.05, 4.69) is 28.7 Å². The predicted octanol–water partition coefficient (Wildman–Crippen LogP) is 1.33. The lowest BCUT2D eigenvalue weighted by atomic mass is 10.1. The van der Waals surface area contributed by atoms with Crippen LogP contribution in [-0.4, -0.2) is 19.1 Å². The largest absolute Gasteiger partial charge is 0.491 e. The summed E-state index contributed by atoms with van der Waals surface area (Å²) < 4.78 is 5.60. The second kappa shape index (κ2) is 6.26. The van der Waals surface area contributed by atoms with E-state index in [1.807, 2.05) is 18.2 Å². The van der Waals surface area contributed by atoms with Crippen molar-refractivity contribution in [2.45, 2.75) is 25.8 Å². The van der Waals surface area contributed by atoms with Gasteiger partial charge in [-0.3, -0.25) is 10.4 Å². The van der Waals surface area contributed by atoms with Crippen LogP contribution in [0.15, 0.2) is 29.3 Å². The van der Waals surface area contributed by atoms with Gasteiger partial charge in [-0.05, 0) is 12.5 Å². The number of ether oxygens (including phenoxy) is 1. The molecule has 98 valence electrons. The Morgan fingerprint density at radius 1 is 1.50 bits per heavy atom. The predicted molar refractivity (Wildman–Crippen MR) is 72.3 cm³/mol. The van der Waals surface area contributed by atoms with E-state index in [4.69, 9.17) is 10.6 Å². The van der Waals surface area contributed by atoms with E-state index in [9.17, 15) is 0 Å². The van der Waals surface area contributed by atoms with Crippen LogP contribution in [0.1, 0.15) is 31.4 Å². The molecule has 1 aromatic carbocycles. The number of hydrogen-bond donors (Lipinski definition) is 3. The Morgan fingerprint density at radius 2 is 2.33 bits per heavy atom. The van der Waals surface area contributed by atoms with Crippen LogP contribution in [0.2, 0.25) is 0 Å². The molecule has 1 aliphatic rings. The number of nitrogens with zero attached hydrogens (tertiary/aromatic N) is 1. The number of hydrogen-bond acceptors (Lipinski definition) is 3. The van der Waals surface area contributed by atoms with Gasteiger partial charge < -0.3 is 10.1 Å². The maximum atomic E-state index is 5.60. The van der Waals surface area contributed by atoms with Crippen molar-refractivity contribution in [3.05, 3.63) is 29.8 Å². The zero-order valence-corrected chi connectivity index (χ0v) is 10.6. The van der Waals surface area contributed by atoms with Crippen LogP contribution < -0.4 is 21.3 Å². The number of aliphatic imine (C=N–C) groups is 1. The van der Waals surface area contributed by atoms with E-state index in [0.717, 1.165) is 30.7 Å². The highest BCUT2D eigenvalue weighted by molar-refractivity contribution is 5.79. The first-order valence-corrected chi connectivity index (χ1v) is 6.34. The second-order valence-corrected chi connectivity index (χ2v) is 4.27. The zero-order valence-electron chi connectivity index (χ0n) is 10.6. The summed E-state index contributed by atoms with van der Waals surface area (Å²) >= 11 is 0. The van der Waals surface area contributed by atoms with Crippen molar-refractivity contribution in [1.82, 2.24) is 10.7 Å². The minimum absolute atomic E-state index is 0.109. The molecular formula is C13H20N4O. The number of guanidine groups is 1. The molecule has 0 aliphatic carbocycles. The molecule has 18 heavy (non-hydrogen) atoms. The van der Waals surface area contributed by atoms with Crippen molar-refractivity contribution < 1.29 is 4.74 Å². The van der Waals surface area contributed by atoms with Crippen molar-refractivity contribution in [3.8, 4) is 5.75 Å². The molecule has 4 N–H and O–H groups in total. The molecule has 1 unspecified atom stereocenters. The van der Waals surface area contributed by atoms with Crippen LogP contribution in [0.3, 0.4) is 0 Å². The van der Waals surface area contributed by atoms with Crippen molar-refractivity contribution >= 4 is 5.96 Å². The van der Waals surface area contributed by atoms with Crippen LogP contribution in [0.4, 0.5) is 0 Å². The van der Waals surface area contributed by atoms with E-state index in [0.29, 0.717) is 12.6 Å². The molecule has 0 aromatic heterocycles. The molecule has 5 heteroatoms. The Labute approximate surface area is 107 Å². The molecule has 1 aliphatic heterocycles. The topological polar surface area (TPSA) is 71.7 Å². The number of para-hydroxylation sites is 1. The SMILES string of the molecule is CCCCN=C(NN)NC1COc2ccccc21. The third-order valence-electron chi connectivity index (χ3n) is 2.93. The monoisotopic (exact) mass is 248 g/mol. The molecule has 0 fully saturated rings. The van der Waals surface area contributed by atoms with Crippen LogP contribution in [0.5, 0.6) is 5.75 Å². The van der Waals surface area contributed by atoms with Gasteiger partial charge in [-0.15, -0.1) is 0 Å². The van der Waals surface area contributed by atoms with Crippen LogP contribution >= 0.6 is 0 Å². The fourth-order valence-corrected chi connectivity index (χ4v) is 1.93. The summed E-state index contributed by atoms with van der Waals surface area (Å²) in [5, 5.41) is 3.27. The van der Waals surface area contributed by atoms with E-state index in [-0.39, 0.29) is 6.04 Å². The highest BCUT2D eigenvalue weighted by Gasteiger charge is 2.24. The van der Waals surface area contributed by atoms with Crippen LogP contribution in [-0.2, 0) is 0 Å². The molecule has 1 heterocycles. The van der Waals surface area contributed by atoms with Gasteiger partial charge >= 0.3 is 0 Å². The first-order valence-electron chi connectivity index (χ1n) is 6.34. The third kappa shape index (κ3) is 2.92. The summed E-state index contributed by atoms with van der Waals surface area (Å²) in [4.78, 5) is 4.38. The molecule has 1 aromatic rings. The fourth-order valence-electron chi connectivity index (χ4n) is 1.93. The first-order chi connectivity index (χ1) is 8.85. The van der Waals surface area contributed by atoms with E-state index < -0.39 is 0 Å². The third-order valence-corrected chi connectivity index (χ3v) is 2.93. The Bertz CT molecular complexity index is 419. The number of nitrogens with one attached hydrogen (secondary N) is 2. The molecule has 5 nitrogen and oxygen atoms in total. The summed E-state index contributed by atoms with van der Waals surface area (Å²) in [5.74, 6) is 7.02. The smallest absolute Gasteiger partial charge is 0.206 e. The van der Waals surface area contributed by atoms with Gasteiger partial charge in [-0.25, -0.2) is 5.84 Å². The average molecular weight is 248 g/mol. The Balaban J connectivity index is 1.99. The lowest BCUT2D eigenvalue weighted by Gasteiger charge is -2.14. The lowest BCUT2D eigenvalue weighted by Crippen LogP contribution is -2.43. The van der Waals surface area contributed by atoms with Crippen molar-refractivity contribution in [1.29, 1.82) is 0 Å². The number of rotatable bonds is 4.